The number of hydrogen-bond acceptors (Lipinski definition) is 3. The molecule has 1 atom stereocenters. The average molecular weight is 246 g/mol. The van der Waals surface area contributed by atoms with Gasteiger partial charge in [-0.3, -0.25) is 4.79 Å². The summed E-state index contributed by atoms with van der Waals surface area (Å²) >= 11 is 7.39. The highest BCUT2D eigenvalue weighted by atomic mass is 35.5. The van der Waals surface area contributed by atoms with E-state index < -0.39 is 0 Å². The van der Waals surface area contributed by atoms with E-state index in [1.165, 1.54) is 11.3 Å². The zero-order valence-electron chi connectivity index (χ0n) is 8.36. The largest absolute Gasteiger partial charge is 0.391 e. The summed E-state index contributed by atoms with van der Waals surface area (Å²) in [5, 5.41) is 11.8. The number of carbonyl (C=O) groups is 1. The van der Waals surface area contributed by atoms with Gasteiger partial charge in [-0.1, -0.05) is 11.6 Å². The number of aliphatic hydroxyl groups is 1. The van der Waals surface area contributed by atoms with Crippen LogP contribution in [0.4, 0.5) is 0 Å². The zero-order valence-corrected chi connectivity index (χ0v) is 9.94. The summed E-state index contributed by atoms with van der Waals surface area (Å²) in [4.78, 5) is 14.2. The SMILES string of the molecule is Cc1csc(C(=O)N2CC[C@@H](O)C2)c1Cl. The first-order chi connectivity index (χ1) is 7.09. The number of hydrogen-bond donors (Lipinski definition) is 1. The number of β-amino-alcohol motifs (C(OH)–C–C–N with tert-alkyl or cyclic N) is 1. The van der Waals surface area contributed by atoms with E-state index in [1.807, 2.05) is 12.3 Å². The predicted octanol–water partition coefficient (Wildman–Crippen LogP) is 1.92. The molecule has 1 aromatic rings. The maximum Gasteiger partial charge on any atom is 0.265 e. The third-order valence-electron chi connectivity index (χ3n) is 2.54. The Hall–Kier alpha value is -0.580. The van der Waals surface area contributed by atoms with Crippen molar-refractivity contribution in [3.63, 3.8) is 0 Å². The number of carbonyl (C=O) groups excluding carboxylic acids is 1. The van der Waals surface area contributed by atoms with Gasteiger partial charge in [0.1, 0.15) is 4.88 Å². The summed E-state index contributed by atoms with van der Waals surface area (Å²) in [6.07, 6.45) is 0.280. The van der Waals surface area contributed by atoms with Gasteiger partial charge in [0.05, 0.1) is 11.1 Å². The fourth-order valence-electron chi connectivity index (χ4n) is 1.64. The van der Waals surface area contributed by atoms with Crippen LogP contribution >= 0.6 is 22.9 Å². The van der Waals surface area contributed by atoms with Crippen molar-refractivity contribution in [1.29, 1.82) is 0 Å². The lowest BCUT2D eigenvalue weighted by Crippen LogP contribution is -2.29. The van der Waals surface area contributed by atoms with Gasteiger partial charge in [-0.25, -0.2) is 0 Å². The number of amides is 1. The lowest BCUT2D eigenvalue weighted by Gasteiger charge is -2.14. The molecule has 0 bridgehead atoms. The van der Waals surface area contributed by atoms with Crippen molar-refractivity contribution in [3.05, 3.63) is 20.8 Å². The fourth-order valence-corrected chi connectivity index (χ4v) is 2.88. The first-order valence-corrected chi connectivity index (χ1v) is 6.06. The van der Waals surface area contributed by atoms with Crippen LogP contribution in [0.3, 0.4) is 0 Å². The van der Waals surface area contributed by atoms with Crippen LogP contribution < -0.4 is 0 Å². The van der Waals surface area contributed by atoms with Gasteiger partial charge in [-0.2, -0.15) is 0 Å². The van der Waals surface area contributed by atoms with Gasteiger partial charge in [0.25, 0.3) is 5.91 Å². The van der Waals surface area contributed by atoms with Crippen molar-refractivity contribution in [2.24, 2.45) is 0 Å². The molecule has 0 unspecified atom stereocenters. The van der Waals surface area contributed by atoms with Gasteiger partial charge < -0.3 is 10.0 Å². The quantitative estimate of drug-likeness (QED) is 0.821. The zero-order chi connectivity index (χ0) is 11.0. The molecule has 1 N–H and O–H groups in total. The number of halogens is 1. The maximum absolute atomic E-state index is 12.0. The molecule has 0 spiro atoms. The van der Waals surface area contributed by atoms with Crippen molar-refractivity contribution in [2.75, 3.05) is 13.1 Å². The minimum atomic E-state index is -0.381. The third kappa shape index (κ3) is 2.02. The summed E-state index contributed by atoms with van der Waals surface area (Å²) in [5.74, 6) is -0.0605. The highest BCUT2D eigenvalue weighted by Gasteiger charge is 2.27. The lowest BCUT2D eigenvalue weighted by atomic mass is 10.3. The van der Waals surface area contributed by atoms with Crippen LogP contribution in [-0.4, -0.2) is 35.1 Å². The molecule has 1 aliphatic rings. The molecule has 2 rings (SSSR count). The van der Waals surface area contributed by atoms with E-state index >= 15 is 0 Å². The van der Waals surface area contributed by atoms with Crippen LogP contribution in [0.5, 0.6) is 0 Å². The average Bonchev–Trinajstić information content (AvgIpc) is 2.75. The molecular weight excluding hydrogens is 234 g/mol. The Balaban J connectivity index is 2.18. The standard InChI is InChI=1S/C10H12ClNO2S/c1-6-5-15-9(8(6)11)10(14)12-3-2-7(13)4-12/h5,7,13H,2-4H2,1H3/t7-/m1/s1. The second-order valence-electron chi connectivity index (χ2n) is 3.76. The number of thiophene rings is 1. The smallest absolute Gasteiger partial charge is 0.265 e. The number of aryl methyl sites for hydroxylation is 1. The van der Waals surface area contributed by atoms with E-state index in [0.29, 0.717) is 29.4 Å². The van der Waals surface area contributed by atoms with Crippen LogP contribution in [-0.2, 0) is 0 Å². The monoisotopic (exact) mass is 245 g/mol. The van der Waals surface area contributed by atoms with E-state index in [1.54, 1.807) is 4.90 Å². The molecule has 0 saturated carbocycles. The van der Waals surface area contributed by atoms with Gasteiger partial charge >= 0.3 is 0 Å². The minimum Gasteiger partial charge on any atom is -0.391 e. The Bertz CT molecular complexity index is 391. The van der Waals surface area contributed by atoms with E-state index in [-0.39, 0.29) is 12.0 Å². The van der Waals surface area contributed by atoms with E-state index in [9.17, 15) is 9.90 Å². The molecule has 1 aliphatic heterocycles. The van der Waals surface area contributed by atoms with Crippen molar-refractivity contribution in [1.82, 2.24) is 4.90 Å². The molecule has 0 aromatic carbocycles. The van der Waals surface area contributed by atoms with Gasteiger partial charge in [-0.15, -0.1) is 11.3 Å². The van der Waals surface area contributed by atoms with Crippen molar-refractivity contribution in [2.45, 2.75) is 19.4 Å². The fraction of sp³-hybridized carbons (Fsp3) is 0.500. The van der Waals surface area contributed by atoms with Crippen molar-refractivity contribution >= 4 is 28.8 Å². The molecular formula is C10H12ClNO2S. The molecule has 82 valence electrons. The molecule has 0 aliphatic carbocycles. The summed E-state index contributed by atoms with van der Waals surface area (Å²) in [5.41, 5.74) is 0.935. The molecule has 1 amide bonds. The molecule has 1 fully saturated rings. The maximum atomic E-state index is 12.0. The van der Waals surface area contributed by atoms with Crippen LogP contribution in [0.15, 0.2) is 5.38 Å². The topological polar surface area (TPSA) is 40.5 Å². The van der Waals surface area contributed by atoms with Gasteiger partial charge in [0.2, 0.25) is 0 Å². The Morgan fingerprint density at radius 3 is 2.93 bits per heavy atom. The number of nitrogens with zero attached hydrogens (tertiary/aromatic N) is 1. The van der Waals surface area contributed by atoms with E-state index in [0.717, 1.165) is 5.56 Å². The number of rotatable bonds is 1. The lowest BCUT2D eigenvalue weighted by molar-refractivity contribution is 0.0770. The van der Waals surface area contributed by atoms with Crippen LogP contribution in [0.2, 0.25) is 5.02 Å². The Labute approximate surface area is 97.3 Å². The summed E-state index contributed by atoms with van der Waals surface area (Å²) < 4.78 is 0. The van der Waals surface area contributed by atoms with E-state index in [2.05, 4.69) is 0 Å². The number of likely N-dealkylation sites (tertiary alicyclic amines) is 1. The molecule has 1 saturated heterocycles. The van der Waals surface area contributed by atoms with Crippen molar-refractivity contribution < 1.29 is 9.90 Å². The van der Waals surface area contributed by atoms with Crippen LogP contribution in [0.25, 0.3) is 0 Å². The van der Waals surface area contributed by atoms with Gasteiger partial charge in [0.15, 0.2) is 0 Å². The highest BCUT2D eigenvalue weighted by Crippen LogP contribution is 2.29. The molecule has 15 heavy (non-hydrogen) atoms. The second-order valence-corrected chi connectivity index (χ2v) is 5.01. The third-order valence-corrected chi connectivity index (χ3v) is 4.23. The first kappa shape index (κ1) is 10.9. The molecule has 1 aromatic heterocycles. The Kier molecular flexibility index (Phi) is 3.00. The van der Waals surface area contributed by atoms with Crippen LogP contribution in [0, 0.1) is 6.92 Å². The minimum absolute atomic E-state index is 0.0605. The summed E-state index contributed by atoms with van der Waals surface area (Å²) in [7, 11) is 0. The molecule has 3 nitrogen and oxygen atoms in total. The second kappa shape index (κ2) is 4.12. The Morgan fingerprint density at radius 2 is 2.47 bits per heavy atom. The predicted molar refractivity (Wildman–Crippen MR) is 60.6 cm³/mol. The highest BCUT2D eigenvalue weighted by molar-refractivity contribution is 7.13. The van der Waals surface area contributed by atoms with Gasteiger partial charge in [0, 0.05) is 13.1 Å². The number of aliphatic hydroxyl groups excluding tert-OH is 1. The molecule has 5 heteroatoms. The van der Waals surface area contributed by atoms with E-state index in [4.69, 9.17) is 11.6 Å². The molecule has 0 radical (unpaired) electrons. The Morgan fingerprint density at radius 1 is 1.73 bits per heavy atom. The first-order valence-electron chi connectivity index (χ1n) is 4.80. The summed E-state index contributed by atoms with van der Waals surface area (Å²) in [6.45, 7) is 2.92. The van der Waals surface area contributed by atoms with Gasteiger partial charge in [-0.05, 0) is 24.3 Å². The molecule has 2 heterocycles. The normalized spacial score (nSPS) is 21.0. The summed E-state index contributed by atoms with van der Waals surface area (Å²) in [6, 6.07) is 0. The van der Waals surface area contributed by atoms with Crippen LogP contribution in [0.1, 0.15) is 21.7 Å². The van der Waals surface area contributed by atoms with Crippen molar-refractivity contribution in [3.8, 4) is 0 Å².